The highest BCUT2D eigenvalue weighted by molar-refractivity contribution is 5.42. The molecule has 0 spiro atoms. The Morgan fingerprint density at radius 3 is 2.35 bits per heavy atom. The highest BCUT2D eigenvalue weighted by atomic mass is 15.2. The van der Waals surface area contributed by atoms with Gasteiger partial charge in [-0.05, 0) is 12.8 Å². The van der Waals surface area contributed by atoms with Crippen LogP contribution >= 0.6 is 0 Å². The largest absolute Gasteiger partial charge is 0.355 e. The van der Waals surface area contributed by atoms with Crippen molar-refractivity contribution in [3.63, 3.8) is 0 Å². The highest BCUT2D eigenvalue weighted by Crippen LogP contribution is 2.18. The van der Waals surface area contributed by atoms with Gasteiger partial charge in [-0.2, -0.15) is 0 Å². The fraction of sp³-hybridized carbons (Fsp3) is 0.692. The first kappa shape index (κ1) is 13.9. The third-order valence-electron chi connectivity index (χ3n) is 3.26. The molecule has 0 aliphatic heterocycles. The van der Waals surface area contributed by atoms with Crippen molar-refractivity contribution in [1.29, 1.82) is 0 Å². The summed E-state index contributed by atoms with van der Waals surface area (Å²) >= 11 is 0. The summed E-state index contributed by atoms with van der Waals surface area (Å²) in [6.45, 7) is 9.06. The fourth-order valence-corrected chi connectivity index (χ4v) is 1.99. The van der Waals surface area contributed by atoms with Crippen LogP contribution in [0, 0.1) is 5.92 Å². The summed E-state index contributed by atoms with van der Waals surface area (Å²) in [5.41, 5.74) is 6.60. The van der Waals surface area contributed by atoms with Gasteiger partial charge in [-0.3, -0.25) is 4.98 Å². The van der Waals surface area contributed by atoms with Gasteiger partial charge in [0.1, 0.15) is 0 Å². The zero-order valence-electron chi connectivity index (χ0n) is 11.2. The van der Waals surface area contributed by atoms with E-state index < -0.39 is 0 Å². The Morgan fingerprint density at radius 2 is 1.82 bits per heavy atom. The van der Waals surface area contributed by atoms with Crippen LogP contribution in [0.4, 0.5) is 5.82 Å². The lowest BCUT2D eigenvalue weighted by Crippen LogP contribution is -2.31. The molecule has 1 rings (SSSR count). The number of aromatic nitrogens is 2. The number of anilines is 1. The van der Waals surface area contributed by atoms with Crippen molar-refractivity contribution >= 4 is 5.82 Å². The molecule has 0 bridgehead atoms. The normalized spacial score (nSPS) is 10.9. The van der Waals surface area contributed by atoms with E-state index in [2.05, 4.69) is 35.6 Å². The Bertz CT molecular complexity index is 323. The van der Waals surface area contributed by atoms with Crippen molar-refractivity contribution in [2.75, 3.05) is 18.0 Å². The van der Waals surface area contributed by atoms with Crippen LogP contribution in [0.2, 0.25) is 0 Å². The maximum atomic E-state index is 5.71. The second-order valence-electron chi connectivity index (χ2n) is 4.25. The van der Waals surface area contributed by atoms with Crippen LogP contribution in [0.15, 0.2) is 12.4 Å². The van der Waals surface area contributed by atoms with Crippen molar-refractivity contribution in [2.45, 2.75) is 40.2 Å². The molecule has 0 fully saturated rings. The summed E-state index contributed by atoms with van der Waals surface area (Å²) in [4.78, 5) is 11.0. The summed E-state index contributed by atoms with van der Waals surface area (Å²) in [5.74, 6) is 1.66. The topological polar surface area (TPSA) is 55.0 Å². The van der Waals surface area contributed by atoms with Crippen LogP contribution in [0.5, 0.6) is 0 Å². The fourth-order valence-electron chi connectivity index (χ4n) is 1.99. The highest BCUT2D eigenvalue weighted by Gasteiger charge is 2.14. The van der Waals surface area contributed by atoms with Crippen LogP contribution in [0.3, 0.4) is 0 Å². The van der Waals surface area contributed by atoms with Crippen LogP contribution in [-0.2, 0) is 6.54 Å². The van der Waals surface area contributed by atoms with Gasteiger partial charge in [0.15, 0.2) is 5.82 Å². The third kappa shape index (κ3) is 3.66. The van der Waals surface area contributed by atoms with Crippen molar-refractivity contribution in [2.24, 2.45) is 11.7 Å². The first-order valence-corrected chi connectivity index (χ1v) is 6.51. The Balaban J connectivity index is 2.85. The number of hydrogen-bond donors (Lipinski definition) is 1. The van der Waals surface area contributed by atoms with Gasteiger partial charge >= 0.3 is 0 Å². The minimum Gasteiger partial charge on any atom is -0.355 e. The maximum absolute atomic E-state index is 5.71. The van der Waals surface area contributed by atoms with Gasteiger partial charge in [-0.1, -0.05) is 26.7 Å². The Labute approximate surface area is 104 Å². The van der Waals surface area contributed by atoms with Crippen molar-refractivity contribution in [3.05, 3.63) is 18.1 Å². The third-order valence-corrected chi connectivity index (χ3v) is 3.26. The van der Waals surface area contributed by atoms with E-state index in [0.717, 1.165) is 24.6 Å². The van der Waals surface area contributed by atoms with Gasteiger partial charge in [-0.15, -0.1) is 0 Å². The molecular weight excluding hydrogens is 212 g/mol. The van der Waals surface area contributed by atoms with E-state index >= 15 is 0 Å². The summed E-state index contributed by atoms with van der Waals surface area (Å²) in [6, 6.07) is 0. The predicted molar refractivity (Wildman–Crippen MR) is 71.9 cm³/mol. The van der Waals surface area contributed by atoms with E-state index in [9.17, 15) is 0 Å². The van der Waals surface area contributed by atoms with Gasteiger partial charge in [0, 0.05) is 32.0 Å². The van der Waals surface area contributed by atoms with Gasteiger partial charge in [0.05, 0.1) is 5.69 Å². The molecule has 0 aliphatic rings. The average Bonchev–Trinajstić information content (AvgIpc) is 2.40. The molecule has 17 heavy (non-hydrogen) atoms. The lowest BCUT2D eigenvalue weighted by molar-refractivity contribution is 0.483. The predicted octanol–water partition coefficient (Wildman–Crippen LogP) is 2.20. The number of rotatable bonds is 7. The quantitative estimate of drug-likeness (QED) is 0.788. The molecular formula is C13H24N4. The lowest BCUT2D eigenvalue weighted by Gasteiger charge is -2.27. The van der Waals surface area contributed by atoms with E-state index in [0.29, 0.717) is 12.5 Å². The Morgan fingerprint density at radius 1 is 1.18 bits per heavy atom. The van der Waals surface area contributed by atoms with E-state index in [1.165, 1.54) is 12.8 Å². The number of hydrogen-bond acceptors (Lipinski definition) is 4. The lowest BCUT2D eigenvalue weighted by atomic mass is 10.0. The van der Waals surface area contributed by atoms with Gasteiger partial charge < -0.3 is 10.6 Å². The van der Waals surface area contributed by atoms with Crippen molar-refractivity contribution in [3.8, 4) is 0 Å². The van der Waals surface area contributed by atoms with Gasteiger partial charge in [-0.25, -0.2) is 4.98 Å². The monoisotopic (exact) mass is 236 g/mol. The molecule has 0 aromatic carbocycles. The second kappa shape index (κ2) is 7.22. The second-order valence-corrected chi connectivity index (χ2v) is 4.25. The van der Waals surface area contributed by atoms with Gasteiger partial charge in [0.25, 0.3) is 0 Å². The number of nitrogens with two attached hydrogens (primary N) is 1. The van der Waals surface area contributed by atoms with Gasteiger partial charge in [0.2, 0.25) is 0 Å². The minimum absolute atomic E-state index is 0.447. The van der Waals surface area contributed by atoms with E-state index in [4.69, 9.17) is 5.73 Å². The van der Waals surface area contributed by atoms with Crippen LogP contribution in [-0.4, -0.2) is 23.1 Å². The molecule has 1 aromatic rings. The number of nitrogens with zero attached hydrogens (tertiary/aromatic N) is 3. The molecule has 1 heterocycles. The first-order valence-electron chi connectivity index (χ1n) is 6.51. The molecule has 96 valence electrons. The van der Waals surface area contributed by atoms with Crippen LogP contribution < -0.4 is 10.6 Å². The van der Waals surface area contributed by atoms with Crippen molar-refractivity contribution in [1.82, 2.24) is 9.97 Å². The molecule has 0 radical (unpaired) electrons. The molecule has 0 saturated carbocycles. The Kier molecular flexibility index (Phi) is 5.91. The Hall–Kier alpha value is -1.16. The van der Waals surface area contributed by atoms with Crippen molar-refractivity contribution < 1.29 is 0 Å². The van der Waals surface area contributed by atoms with Crippen LogP contribution in [0.25, 0.3) is 0 Å². The van der Waals surface area contributed by atoms with E-state index in [1.807, 2.05) is 0 Å². The molecule has 0 saturated heterocycles. The molecule has 4 nitrogen and oxygen atoms in total. The summed E-state index contributed by atoms with van der Waals surface area (Å²) in [6.07, 6.45) is 5.84. The SMILES string of the molecule is CCC(CC)CN(CC)c1nccnc1CN. The van der Waals surface area contributed by atoms with E-state index in [1.54, 1.807) is 12.4 Å². The molecule has 2 N–H and O–H groups in total. The molecule has 0 unspecified atom stereocenters. The molecule has 4 heteroatoms. The zero-order valence-corrected chi connectivity index (χ0v) is 11.2. The summed E-state index contributed by atoms with van der Waals surface area (Å²) in [5, 5.41) is 0. The molecule has 0 atom stereocenters. The van der Waals surface area contributed by atoms with E-state index in [-0.39, 0.29) is 0 Å². The van der Waals surface area contributed by atoms with Crippen LogP contribution in [0.1, 0.15) is 39.3 Å². The average molecular weight is 236 g/mol. The molecule has 0 aliphatic carbocycles. The molecule has 0 amide bonds. The zero-order chi connectivity index (χ0) is 12.7. The molecule has 1 aromatic heterocycles. The first-order chi connectivity index (χ1) is 8.26. The standard InChI is InChI=1S/C13H24N4/c1-4-11(5-2)10-17(6-3)13-12(9-14)15-7-8-16-13/h7-8,11H,4-6,9-10,14H2,1-3H3. The summed E-state index contributed by atoms with van der Waals surface area (Å²) < 4.78 is 0. The smallest absolute Gasteiger partial charge is 0.151 e. The maximum Gasteiger partial charge on any atom is 0.151 e. The minimum atomic E-state index is 0.447. The summed E-state index contributed by atoms with van der Waals surface area (Å²) in [7, 11) is 0.